The first kappa shape index (κ1) is 16.3. The van der Waals surface area contributed by atoms with Gasteiger partial charge >= 0.3 is 0 Å². The molecule has 118 valence electrons. The molecule has 6 nitrogen and oxygen atoms in total. The van der Waals surface area contributed by atoms with Crippen molar-refractivity contribution in [1.29, 1.82) is 0 Å². The SMILES string of the molecule is CN=C(NCc1ccc(Cl)nc1)NCc1cc(C(C)C)no1. The van der Waals surface area contributed by atoms with Gasteiger partial charge in [-0.25, -0.2) is 4.98 Å². The zero-order chi connectivity index (χ0) is 15.9. The predicted octanol–water partition coefficient (Wildman–Crippen LogP) is 2.71. The summed E-state index contributed by atoms with van der Waals surface area (Å²) in [5, 5.41) is 10.9. The van der Waals surface area contributed by atoms with Crippen molar-refractivity contribution in [2.75, 3.05) is 7.05 Å². The third-order valence-electron chi connectivity index (χ3n) is 3.07. The van der Waals surface area contributed by atoms with E-state index in [9.17, 15) is 0 Å². The van der Waals surface area contributed by atoms with Crippen LogP contribution in [-0.4, -0.2) is 23.1 Å². The average Bonchev–Trinajstić information content (AvgIpc) is 2.98. The number of nitrogens with one attached hydrogen (secondary N) is 2. The van der Waals surface area contributed by atoms with E-state index in [4.69, 9.17) is 16.1 Å². The molecule has 0 spiro atoms. The molecule has 0 fully saturated rings. The van der Waals surface area contributed by atoms with Crippen LogP contribution in [0.2, 0.25) is 5.15 Å². The molecule has 2 N–H and O–H groups in total. The molecule has 2 aromatic rings. The Bertz CT molecular complexity index is 621. The predicted molar refractivity (Wildman–Crippen MR) is 86.9 cm³/mol. The van der Waals surface area contributed by atoms with E-state index in [1.54, 1.807) is 19.3 Å². The van der Waals surface area contributed by atoms with Crippen LogP contribution in [0.4, 0.5) is 0 Å². The Balaban J connectivity index is 1.83. The molecule has 0 aliphatic heterocycles. The molecule has 0 aliphatic rings. The van der Waals surface area contributed by atoms with Crippen LogP contribution in [0.1, 0.15) is 36.8 Å². The fourth-order valence-electron chi connectivity index (χ4n) is 1.77. The Morgan fingerprint density at radius 3 is 2.68 bits per heavy atom. The van der Waals surface area contributed by atoms with Gasteiger partial charge in [-0.15, -0.1) is 0 Å². The fraction of sp³-hybridized carbons (Fsp3) is 0.400. The zero-order valence-electron chi connectivity index (χ0n) is 12.9. The van der Waals surface area contributed by atoms with E-state index in [1.807, 2.05) is 12.1 Å². The maximum Gasteiger partial charge on any atom is 0.191 e. The molecule has 22 heavy (non-hydrogen) atoms. The highest BCUT2D eigenvalue weighted by Gasteiger charge is 2.08. The summed E-state index contributed by atoms with van der Waals surface area (Å²) in [5.41, 5.74) is 1.97. The average molecular weight is 322 g/mol. The van der Waals surface area contributed by atoms with E-state index in [-0.39, 0.29) is 0 Å². The van der Waals surface area contributed by atoms with E-state index in [1.165, 1.54) is 0 Å². The van der Waals surface area contributed by atoms with Crippen molar-refractivity contribution in [2.45, 2.75) is 32.9 Å². The molecule has 2 aromatic heterocycles. The van der Waals surface area contributed by atoms with Gasteiger partial charge in [0.05, 0.1) is 12.2 Å². The molecule has 0 atom stereocenters. The van der Waals surface area contributed by atoms with Crippen molar-refractivity contribution in [3.05, 3.63) is 46.6 Å². The lowest BCUT2D eigenvalue weighted by molar-refractivity contribution is 0.372. The van der Waals surface area contributed by atoms with Crippen LogP contribution in [0.3, 0.4) is 0 Å². The first-order chi connectivity index (χ1) is 10.6. The molecule has 0 bridgehead atoms. The van der Waals surface area contributed by atoms with Crippen LogP contribution < -0.4 is 10.6 Å². The van der Waals surface area contributed by atoms with Crippen molar-refractivity contribution in [3.63, 3.8) is 0 Å². The Morgan fingerprint density at radius 2 is 2.09 bits per heavy atom. The third kappa shape index (κ3) is 4.73. The van der Waals surface area contributed by atoms with E-state index >= 15 is 0 Å². The Hall–Kier alpha value is -2.08. The monoisotopic (exact) mass is 321 g/mol. The summed E-state index contributed by atoms with van der Waals surface area (Å²) in [4.78, 5) is 8.20. The highest BCUT2D eigenvalue weighted by Crippen LogP contribution is 2.13. The second kappa shape index (κ2) is 7.79. The molecule has 0 saturated heterocycles. The number of nitrogens with zero attached hydrogens (tertiary/aromatic N) is 3. The number of aliphatic imine (C=N–C) groups is 1. The van der Waals surface area contributed by atoms with E-state index in [2.05, 4.69) is 39.6 Å². The molecule has 7 heteroatoms. The largest absolute Gasteiger partial charge is 0.359 e. The van der Waals surface area contributed by atoms with Crippen molar-refractivity contribution in [3.8, 4) is 0 Å². The summed E-state index contributed by atoms with van der Waals surface area (Å²) in [6, 6.07) is 5.63. The van der Waals surface area contributed by atoms with Gasteiger partial charge in [0.1, 0.15) is 5.15 Å². The molecular weight excluding hydrogens is 302 g/mol. The van der Waals surface area contributed by atoms with Crippen LogP contribution >= 0.6 is 11.6 Å². The van der Waals surface area contributed by atoms with E-state index < -0.39 is 0 Å². The number of halogens is 1. The van der Waals surface area contributed by atoms with Gasteiger partial charge in [-0.3, -0.25) is 4.99 Å². The van der Waals surface area contributed by atoms with Gasteiger partial charge in [0.2, 0.25) is 0 Å². The van der Waals surface area contributed by atoms with Gasteiger partial charge < -0.3 is 15.2 Å². The van der Waals surface area contributed by atoms with Crippen molar-refractivity contribution in [1.82, 2.24) is 20.8 Å². The highest BCUT2D eigenvalue weighted by atomic mass is 35.5. The minimum Gasteiger partial charge on any atom is -0.359 e. The van der Waals surface area contributed by atoms with E-state index in [0.717, 1.165) is 17.0 Å². The van der Waals surface area contributed by atoms with Gasteiger partial charge in [0.15, 0.2) is 11.7 Å². The molecule has 0 aromatic carbocycles. The number of pyridine rings is 1. The molecular formula is C15H20ClN5O. The number of hydrogen-bond acceptors (Lipinski definition) is 4. The summed E-state index contributed by atoms with van der Waals surface area (Å²) in [7, 11) is 1.72. The maximum absolute atomic E-state index is 5.76. The molecule has 0 unspecified atom stereocenters. The summed E-state index contributed by atoms with van der Waals surface area (Å²) in [6.45, 7) is 5.29. The molecule has 0 radical (unpaired) electrons. The standard InChI is InChI=1S/C15H20ClN5O/c1-10(2)13-6-12(22-21-13)9-20-15(17-3)19-8-11-4-5-14(16)18-7-11/h4-7,10H,8-9H2,1-3H3,(H2,17,19,20). The van der Waals surface area contributed by atoms with Crippen LogP contribution in [0.25, 0.3) is 0 Å². The zero-order valence-corrected chi connectivity index (χ0v) is 13.7. The lowest BCUT2D eigenvalue weighted by Crippen LogP contribution is -2.36. The molecule has 0 amide bonds. The normalized spacial score (nSPS) is 11.8. The second-order valence-electron chi connectivity index (χ2n) is 5.14. The quantitative estimate of drug-likeness (QED) is 0.503. The lowest BCUT2D eigenvalue weighted by Gasteiger charge is -2.10. The molecule has 0 aliphatic carbocycles. The van der Waals surface area contributed by atoms with Crippen molar-refractivity contribution < 1.29 is 4.52 Å². The first-order valence-corrected chi connectivity index (χ1v) is 7.46. The lowest BCUT2D eigenvalue weighted by atomic mass is 10.1. The van der Waals surface area contributed by atoms with Gasteiger partial charge in [0.25, 0.3) is 0 Å². The van der Waals surface area contributed by atoms with Crippen molar-refractivity contribution >= 4 is 17.6 Å². The van der Waals surface area contributed by atoms with Gasteiger partial charge in [-0.05, 0) is 17.5 Å². The van der Waals surface area contributed by atoms with Gasteiger partial charge in [0, 0.05) is 25.9 Å². The minimum atomic E-state index is 0.354. The topological polar surface area (TPSA) is 75.3 Å². The summed E-state index contributed by atoms with van der Waals surface area (Å²) in [6.07, 6.45) is 1.73. The van der Waals surface area contributed by atoms with Crippen LogP contribution in [0, 0.1) is 0 Å². The van der Waals surface area contributed by atoms with Crippen molar-refractivity contribution in [2.24, 2.45) is 4.99 Å². The summed E-state index contributed by atoms with van der Waals surface area (Å²) in [5.74, 6) is 1.81. The van der Waals surface area contributed by atoms with Crippen LogP contribution in [0.5, 0.6) is 0 Å². The third-order valence-corrected chi connectivity index (χ3v) is 3.29. The Labute approximate surface area is 135 Å². The number of hydrogen-bond donors (Lipinski definition) is 2. The second-order valence-corrected chi connectivity index (χ2v) is 5.53. The molecule has 2 heterocycles. The number of aromatic nitrogens is 2. The maximum atomic E-state index is 5.76. The number of guanidine groups is 1. The van der Waals surface area contributed by atoms with Gasteiger partial charge in [-0.1, -0.05) is 36.7 Å². The highest BCUT2D eigenvalue weighted by molar-refractivity contribution is 6.29. The fourth-order valence-corrected chi connectivity index (χ4v) is 1.88. The van der Waals surface area contributed by atoms with Crippen LogP contribution in [-0.2, 0) is 13.1 Å². The Kier molecular flexibility index (Phi) is 5.77. The smallest absolute Gasteiger partial charge is 0.191 e. The van der Waals surface area contributed by atoms with E-state index in [0.29, 0.717) is 30.1 Å². The summed E-state index contributed by atoms with van der Waals surface area (Å²) >= 11 is 5.76. The summed E-state index contributed by atoms with van der Waals surface area (Å²) < 4.78 is 5.28. The Morgan fingerprint density at radius 1 is 1.32 bits per heavy atom. The first-order valence-electron chi connectivity index (χ1n) is 7.09. The van der Waals surface area contributed by atoms with Gasteiger partial charge in [-0.2, -0.15) is 0 Å². The molecule has 0 saturated carbocycles. The molecule has 2 rings (SSSR count). The van der Waals surface area contributed by atoms with Crippen LogP contribution in [0.15, 0.2) is 33.9 Å². The minimum absolute atomic E-state index is 0.354. The number of rotatable bonds is 5.